The maximum absolute atomic E-state index is 12.0. The highest BCUT2D eigenvalue weighted by Crippen LogP contribution is 2.26. The van der Waals surface area contributed by atoms with Crippen LogP contribution in [0, 0.1) is 11.3 Å². The first-order chi connectivity index (χ1) is 8.20. The smallest absolute Gasteiger partial charge is 0.316 e. The van der Waals surface area contributed by atoms with E-state index in [0.717, 1.165) is 25.7 Å². The second-order valence-corrected chi connectivity index (χ2v) is 6.04. The Morgan fingerprint density at radius 1 is 1.22 bits per heavy atom. The van der Waals surface area contributed by atoms with E-state index < -0.39 is 17.3 Å². The van der Waals surface area contributed by atoms with E-state index in [2.05, 4.69) is 12.2 Å². The minimum absolute atomic E-state index is 0.0354. The van der Waals surface area contributed by atoms with Crippen LogP contribution in [0.2, 0.25) is 0 Å². The summed E-state index contributed by atoms with van der Waals surface area (Å²) in [5.41, 5.74) is -0.570. The predicted octanol–water partition coefficient (Wildman–Crippen LogP) is 2.82. The molecule has 0 aliphatic heterocycles. The van der Waals surface area contributed by atoms with E-state index in [0.29, 0.717) is 0 Å². The van der Waals surface area contributed by atoms with Crippen molar-refractivity contribution in [3.8, 4) is 0 Å². The summed E-state index contributed by atoms with van der Waals surface area (Å²) < 4.78 is 0. The van der Waals surface area contributed by atoms with E-state index >= 15 is 0 Å². The number of carbonyl (C=O) groups is 2. The van der Waals surface area contributed by atoms with Gasteiger partial charge in [0.2, 0.25) is 5.91 Å². The van der Waals surface area contributed by atoms with E-state index in [4.69, 9.17) is 5.11 Å². The molecule has 0 aromatic rings. The van der Waals surface area contributed by atoms with Gasteiger partial charge in [0.25, 0.3) is 0 Å². The van der Waals surface area contributed by atoms with Gasteiger partial charge in [-0.2, -0.15) is 0 Å². The van der Waals surface area contributed by atoms with Crippen molar-refractivity contribution in [2.75, 3.05) is 0 Å². The van der Waals surface area contributed by atoms with Crippen LogP contribution in [0.4, 0.5) is 0 Å². The summed E-state index contributed by atoms with van der Waals surface area (Å²) in [6.07, 6.45) is 4.24. The number of carboxylic acids is 1. The van der Waals surface area contributed by atoms with Gasteiger partial charge < -0.3 is 10.4 Å². The molecule has 0 spiro atoms. The molecule has 0 heterocycles. The highest BCUT2D eigenvalue weighted by Gasteiger charge is 2.37. The van der Waals surface area contributed by atoms with Crippen LogP contribution >= 0.6 is 0 Å². The topological polar surface area (TPSA) is 66.4 Å². The van der Waals surface area contributed by atoms with Gasteiger partial charge in [0.15, 0.2) is 0 Å². The summed E-state index contributed by atoms with van der Waals surface area (Å²) in [4.78, 5) is 23.2. The highest BCUT2D eigenvalue weighted by molar-refractivity contribution is 5.97. The minimum Gasteiger partial charge on any atom is -0.481 e. The van der Waals surface area contributed by atoms with Crippen molar-refractivity contribution in [2.45, 2.75) is 66.3 Å². The Bertz CT molecular complexity index is 281. The van der Waals surface area contributed by atoms with Gasteiger partial charge in [0.05, 0.1) is 0 Å². The molecule has 0 bridgehead atoms. The second-order valence-electron chi connectivity index (χ2n) is 6.04. The van der Waals surface area contributed by atoms with Crippen molar-refractivity contribution < 1.29 is 14.7 Å². The number of hydrogen-bond acceptors (Lipinski definition) is 2. The van der Waals surface area contributed by atoms with Gasteiger partial charge >= 0.3 is 5.97 Å². The van der Waals surface area contributed by atoms with Gasteiger partial charge in [-0.3, -0.25) is 9.59 Å². The fraction of sp³-hybridized carbons (Fsp3) is 0.857. The van der Waals surface area contributed by atoms with Crippen LogP contribution in [-0.4, -0.2) is 23.0 Å². The van der Waals surface area contributed by atoms with Crippen molar-refractivity contribution in [3.05, 3.63) is 0 Å². The quantitative estimate of drug-likeness (QED) is 0.544. The van der Waals surface area contributed by atoms with Gasteiger partial charge in [0, 0.05) is 6.04 Å². The molecule has 2 atom stereocenters. The van der Waals surface area contributed by atoms with Gasteiger partial charge in [-0.25, -0.2) is 0 Å². The molecule has 0 aromatic heterocycles. The zero-order valence-corrected chi connectivity index (χ0v) is 12.2. The highest BCUT2D eigenvalue weighted by atomic mass is 16.4. The SMILES string of the molecule is CCCCCC(C)NC(=O)C(C(=O)O)C(C)(C)C. The summed E-state index contributed by atoms with van der Waals surface area (Å²) in [5, 5.41) is 12.0. The zero-order valence-electron chi connectivity index (χ0n) is 12.2. The largest absolute Gasteiger partial charge is 0.481 e. The van der Waals surface area contributed by atoms with Crippen molar-refractivity contribution >= 4 is 11.9 Å². The van der Waals surface area contributed by atoms with Crippen molar-refractivity contribution in [3.63, 3.8) is 0 Å². The van der Waals surface area contributed by atoms with Crippen LogP contribution < -0.4 is 5.32 Å². The van der Waals surface area contributed by atoms with E-state index in [1.807, 2.05) is 6.92 Å². The molecule has 18 heavy (non-hydrogen) atoms. The molecule has 0 aromatic carbocycles. The Labute approximate surface area is 110 Å². The molecule has 0 saturated carbocycles. The van der Waals surface area contributed by atoms with Crippen molar-refractivity contribution in [1.29, 1.82) is 0 Å². The number of carbonyl (C=O) groups excluding carboxylic acids is 1. The van der Waals surface area contributed by atoms with Gasteiger partial charge in [-0.15, -0.1) is 0 Å². The first-order valence-corrected chi connectivity index (χ1v) is 6.73. The monoisotopic (exact) mass is 257 g/mol. The number of hydrogen-bond donors (Lipinski definition) is 2. The standard InChI is InChI=1S/C14H27NO3/c1-6-7-8-9-10(2)15-12(16)11(13(17)18)14(3,4)5/h10-11H,6-9H2,1-5H3,(H,15,16)(H,17,18). The molecule has 0 radical (unpaired) electrons. The molecular formula is C14H27NO3. The lowest BCUT2D eigenvalue weighted by atomic mass is 9.80. The Balaban J connectivity index is 4.40. The lowest BCUT2D eigenvalue weighted by molar-refractivity contribution is -0.151. The summed E-state index contributed by atoms with van der Waals surface area (Å²) in [6.45, 7) is 9.37. The molecule has 2 unspecified atom stereocenters. The first kappa shape index (κ1) is 16.9. The number of unbranched alkanes of at least 4 members (excludes halogenated alkanes) is 2. The lowest BCUT2D eigenvalue weighted by Gasteiger charge is -2.27. The van der Waals surface area contributed by atoms with Crippen molar-refractivity contribution in [2.24, 2.45) is 11.3 Å². The number of amides is 1. The van der Waals surface area contributed by atoms with E-state index in [1.54, 1.807) is 20.8 Å². The zero-order chi connectivity index (χ0) is 14.3. The van der Waals surface area contributed by atoms with Crippen LogP contribution in [-0.2, 0) is 9.59 Å². The normalized spacial score (nSPS) is 14.9. The molecule has 106 valence electrons. The van der Waals surface area contributed by atoms with Crippen molar-refractivity contribution in [1.82, 2.24) is 5.32 Å². The fourth-order valence-electron chi connectivity index (χ4n) is 1.97. The molecule has 4 heteroatoms. The maximum atomic E-state index is 12.0. The predicted molar refractivity (Wildman–Crippen MR) is 72.3 cm³/mol. The molecule has 0 saturated heterocycles. The molecule has 1 amide bonds. The Morgan fingerprint density at radius 3 is 2.17 bits per heavy atom. The van der Waals surface area contributed by atoms with E-state index in [9.17, 15) is 9.59 Å². The van der Waals surface area contributed by atoms with Gasteiger partial charge in [-0.05, 0) is 18.8 Å². The van der Waals surface area contributed by atoms with Crippen LogP contribution in [0.3, 0.4) is 0 Å². The van der Waals surface area contributed by atoms with Crippen LogP contribution in [0.5, 0.6) is 0 Å². The molecule has 0 rings (SSSR count). The van der Waals surface area contributed by atoms with Crippen LogP contribution in [0.1, 0.15) is 60.3 Å². The first-order valence-electron chi connectivity index (χ1n) is 6.73. The molecule has 4 nitrogen and oxygen atoms in total. The van der Waals surface area contributed by atoms with E-state index in [1.165, 1.54) is 0 Å². The molecule has 2 N–H and O–H groups in total. The van der Waals surface area contributed by atoms with Crippen LogP contribution in [0.15, 0.2) is 0 Å². The third-order valence-corrected chi connectivity index (χ3v) is 3.00. The maximum Gasteiger partial charge on any atom is 0.316 e. The minimum atomic E-state index is -1.05. The average Bonchev–Trinajstić information content (AvgIpc) is 2.14. The number of nitrogens with one attached hydrogen (secondary N) is 1. The second kappa shape index (κ2) is 7.39. The third-order valence-electron chi connectivity index (χ3n) is 3.00. The third kappa shape index (κ3) is 6.03. The summed E-state index contributed by atoms with van der Waals surface area (Å²) >= 11 is 0. The Hall–Kier alpha value is -1.06. The molecular weight excluding hydrogens is 230 g/mol. The fourth-order valence-corrected chi connectivity index (χ4v) is 1.97. The van der Waals surface area contributed by atoms with Gasteiger partial charge in [-0.1, -0.05) is 47.0 Å². The summed E-state index contributed by atoms with van der Waals surface area (Å²) in [6, 6.07) is 0.0354. The Kier molecular flexibility index (Phi) is 6.96. The average molecular weight is 257 g/mol. The number of rotatable bonds is 7. The summed E-state index contributed by atoms with van der Waals surface area (Å²) in [5.74, 6) is -2.43. The summed E-state index contributed by atoms with van der Waals surface area (Å²) in [7, 11) is 0. The van der Waals surface area contributed by atoms with Gasteiger partial charge in [0.1, 0.15) is 5.92 Å². The molecule has 0 fully saturated rings. The number of carboxylic acid groups (broad SMARTS) is 1. The molecule has 0 aliphatic rings. The molecule has 0 aliphatic carbocycles. The lowest BCUT2D eigenvalue weighted by Crippen LogP contribution is -2.45. The van der Waals surface area contributed by atoms with E-state index in [-0.39, 0.29) is 11.9 Å². The van der Waals surface area contributed by atoms with Crippen LogP contribution in [0.25, 0.3) is 0 Å². The Morgan fingerprint density at radius 2 is 1.78 bits per heavy atom. The number of aliphatic carboxylic acids is 1.